The molecule has 0 aliphatic carbocycles. The minimum Gasteiger partial charge on any atom is -0.454 e. The van der Waals surface area contributed by atoms with Crippen LogP contribution in [0.1, 0.15) is 18.9 Å². The third-order valence-electron chi connectivity index (χ3n) is 2.59. The third kappa shape index (κ3) is 3.88. The summed E-state index contributed by atoms with van der Waals surface area (Å²) in [5.74, 6) is 1.45. The third-order valence-corrected chi connectivity index (χ3v) is 2.59. The Hall–Kier alpha value is -2.23. The predicted octanol–water partition coefficient (Wildman–Crippen LogP) is 2.51. The summed E-state index contributed by atoms with van der Waals surface area (Å²) in [5, 5.41) is 2.77. The molecule has 1 amide bonds. The first-order chi connectivity index (χ1) is 9.29. The SMILES string of the molecule is CCCNC(=O)C=CC=Cc1ccc2c(c1)OCO2. The average molecular weight is 259 g/mol. The first kappa shape index (κ1) is 13.2. The lowest BCUT2D eigenvalue weighted by Crippen LogP contribution is -2.21. The normalized spacial score (nSPS) is 13.3. The Labute approximate surface area is 112 Å². The van der Waals surface area contributed by atoms with Crippen LogP contribution < -0.4 is 14.8 Å². The zero-order chi connectivity index (χ0) is 13.5. The number of ether oxygens (including phenoxy) is 2. The lowest BCUT2D eigenvalue weighted by atomic mass is 10.2. The number of hydrogen-bond acceptors (Lipinski definition) is 3. The van der Waals surface area contributed by atoms with Crippen molar-refractivity contribution in [1.82, 2.24) is 5.32 Å². The summed E-state index contributed by atoms with van der Waals surface area (Å²) in [6.07, 6.45) is 7.90. The molecule has 1 N–H and O–H groups in total. The molecule has 4 heteroatoms. The lowest BCUT2D eigenvalue weighted by Gasteiger charge is -1.97. The second-order valence-electron chi connectivity index (χ2n) is 4.12. The summed E-state index contributed by atoms with van der Waals surface area (Å²) in [5.41, 5.74) is 1.00. The number of allylic oxidation sites excluding steroid dienone is 2. The van der Waals surface area contributed by atoms with Crippen LogP contribution in [-0.4, -0.2) is 19.2 Å². The van der Waals surface area contributed by atoms with Crippen molar-refractivity contribution in [2.45, 2.75) is 13.3 Å². The molecule has 0 fully saturated rings. The van der Waals surface area contributed by atoms with Gasteiger partial charge in [-0.3, -0.25) is 4.79 Å². The first-order valence-electron chi connectivity index (χ1n) is 6.32. The quantitative estimate of drug-likeness (QED) is 0.653. The summed E-state index contributed by atoms with van der Waals surface area (Å²) >= 11 is 0. The van der Waals surface area contributed by atoms with Crippen molar-refractivity contribution in [1.29, 1.82) is 0 Å². The van der Waals surface area contributed by atoms with E-state index in [2.05, 4.69) is 5.32 Å². The van der Waals surface area contributed by atoms with Gasteiger partial charge in [-0.1, -0.05) is 31.2 Å². The average Bonchev–Trinajstić information content (AvgIpc) is 2.88. The van der Waals surface area contributed by atoms with Crippen molar-refractivity contribution in [3.05, 3.63) is 42.0 Å². The van der Waals surface area contributed by atoms with E-state index in [9.17, 15) is 4.79 Å². The summed E-state index contributed by atoms with van der Waals surface area (Å²) < 4.78 is 10.5. The zero-order valence-electron chi connectivity index (χ0n) is 10.9. The van der Waals surface area contributed by atoms with Gasteiger partial charge in [0.05, 0.1) is 0 Å². The van der Waals surface area contributed by atoms with E-state index in [1.54, 1.807) is 6.08 Å². The molecule has 0 aromatic heterocycles. The minimum atomic E-state index is -0.0720. The van der Waals surface area contributed by atoms with Gasteiger partial charge in [0.15, 0.2) is 11.5 Å². The smallest absolute Gasteiger partial charge is 0.243 e. The molecule has 4 nitrogen and oxygen atoms in total. The largest absolute Gasteiger partial charge is 0.454 e. The molecule has 0 radical (unpaired) electrons. The zero-order valence-corrected chi connectivity index (χ0v) is 10.9. The molecule has 1 aromatic rings. The fourth-order valence-corrected chi connectivity index (χ4v) is 1.63. The molecule has 1 heterocycles. The second-order valence-corrected chi connectivity index (χ2v) is 4.12. The van der Waals surface area contributed by atoms with Gasteiger partial charge in [-0.05, 0) is 24.1 Å². The van der Waals surface area contributed by atoms with Crippen molar-refractivity contribution in [3.8, 4) is 11.5 Å². The van der Waals surface area contributed by atoms with E-state index >= 15 is 0 Å². The van der Waals surface area contributed by atoms with Crippen LogP contribution in [0.5, 0.6) is 11.5 Å². The topological polar surface area (TPSA) is 47.6 Å². The van der Waals surface area contributed by atoms with Crippen LogP contribution in [-0.2, 0) is 4.79 Å². The maximum Gasteiger partial charge on any atom is 0.243 e. The van der Waals surface area contributed by atoms with Crippen LogP contribution in [0.25, 0.3) is 6.08 Å². The van der Waals surface area contributed by atoms with Gasteiger partial charge >= 0.3 is 0 Å². The number of hydrogen-bond donors (Lipinski definition) is 1. The molecular formula is C15H17NO3. The van der Waals surface area contributed by atoms with Crippen molar-refractivity contribution in [3.63, 3.8) is 0 Å². The van der Waals surface area contributed by atoms with Crippen LogP contribution in [0.4, 0.5) is 0 Å². The van der Waals surface area contributed by atoms with E-state index in [1.165, 1.54) is 6.08 Å². The van der Waals surface area contributed by atoms with Gasteiger partial charge in [-0.2, -0.15) is 0 Å². The molecule has 0 bridgehead atoms. The van der Waals surface area contributed by atoms with Gasteiger partial charge < -0.3 is 14.8 Å². The van der Waals surface area contributed by atoms with E-state index in [4.69, 9.17) is 9.47 Å². The molecule has 19 heavy (non-hydrogen) atoms. The Morgan fingerprint density at radius 1 is 1.32 bits per heavy atom. The number of nitrogens with one attached hydrogen (secondary N) is 1. The standard InChI is InChI=1S/C15H17NO3/c1-2-9-16-15(17)6-4-3-5-12-7-8-13-14(10-12)19-11-18-13/h3-8,10H,2,9,11H2,1H3,(H,16,17). The van der Waals surface area contributed by atoms with Crippen LogP contribution in [0.15, 0.2) is 36.4 Å². The fourth-order valence-electron chi connectivity index (χ4n) is 1.63. The van der Waals surface area contributed by atoms with Crippen molar-refractivity contribution < 1.29 is 14.3 Å². The lowest BCUT2D eigenvalue weighted by molar-refractivity contribution is -0.116. The molecule has 1 aliphatic heterocycles. The summed E-state index contributed by atoms with van der Waals surface area (Å²) in [7, 11) is 0. The number of carbonyl (C=O) groups excluding carboxylic acids is 1. The maximum absolute atomic E-state index is 11.3. The van der Waals surface area contributed by atoms with Crippen molar-refractivity contribution in [2.24, 2.45) is 0 Å². The van der Waals surface area contributed by atoms with Gasteiger partial charge in [-0.25, -0.2) is 0 Å². The van der Waals surface area contributed by atoms with E-state index in [-0.39, 0.29) is 12.7 Å². The Kier molecular flexibility index (Phi) is 4.61. The monoisotopic (exact) mass is 259 g/mol. The molecule has 0 saturated heterocycles. The minimum absolute atomic E-state index is 0.0720. The second kappa shape index (κ2) is 6.64. The van der Waals surface area contributed by atoms with Gasteiger partial charge in [-0.15, -0.1) is 0 Å². The number of benzene rings is 1. The van der Waals surface area contributed by atoms with Gasteiger partial charge in [0.25, 0.3) is 0 Å². The van der Waals surface area contributed by atoms with Gasteiger partial charge in [0, 0.05) is 12.6 Å². The Morgan fingerprint density at radius 2 is 2.16 bits per heavy atom. The molecule has 0 atom stereocenters. The summed E-state index contributed by atoms with van der Waals surface area (Å²) in [6, 6.07) is 5.72. The first-order valence-corrected chi connectivity index (χ1v) is 6.32. The van der Waals surface area contributed by atoms with E-state index < -0.39 is 0 Å². The highest BCUT2D eigenvalue weighted by Crippen LogP contribution is 2.32. The molecular weight excluding hydrogens is 242 g/mol. The van der Waals surface area contributed by atoms with Crippen molar-refractivity contribution in [2.75, 3.05) is 13.3 Å². The van der Waals surface area contributed by atoms with E-state index in [1.807, 2.05) is 37.3 Å². The van der Waals surface area contributed by atoms with Crippen LogP contribution in [0, 0.1) is 0 Å². The fraction of sp³-hybridized carbons (Fsp3) is 0.267. The van der Waals surface area contributed by atoms with Crippen LogP contribution in [0.2, 0.25) is 0 Å². The highest BCUT2D eigenvalue weighted by molar-refractivity contribution is 5.87. The van der Waals surface area contributed by atoms with Crippen molar-refractivity contribution >= 4 is 12.0 Å². The Morgan fingerprint density at radius 3 is 3.00 bits per heavy atom. The maximum atomic E-state index is 11.3. The number of rotatable bonds is 5. The Balaban J connectivity index is 1.88. The molecule has 0 unspecified atom stereocenters. The van der Waals surface area contributed by atoms with Crippen LogP contribution in [0.3, 0.4) is 0 Å². The number of carbonyl (C=O) groups is 1. The van der Waals surface area contributed by atoms with E-state index in [0.717, 1.165) is 23.5 Å². The molecule has 0 spiro atoms. The highest BCUT2D eigenvalue weighted by atomic mass is 16.7. The number of amides is 1. The van der Waals surface area contributed by atoms with Gasteiger partial charge in [0.1, 0.15) is 0 Å². The van der Waals surface area contributed by atoms with Gasteiger partial charge in [0.2, 0.25) is 12.7 Å². The Bertz CT molecular complexity index is 506. The van der Waals surface area contributed by atoms with E-state index in [0.29, 0.717) is 6.54 Å². The highest BCUT2D eigenvalue weighted by Gasteiger charge is 2.11. The predicted molar refractivity (Wildman–Crippen MR) is 74.0 cm³/mol. The molecule has 100 valence electrons. The number of fused-ring (bicyclic) bond motifs is 1. The molecule has 1 aliphatic rings. The molecule has 0 saturated carbocycles. The summed E-state index contributed by atoms with van der Waals surface area (Å²) in [6.45, 7) is 3.00. The summed E-state index contributed by atoms with van der Waals surface area (Å²) in [4.78, 5) is 11.3. The van der Waals surface area contributed by atoms with Crippen LogP contribution >= 0.6 is 0 Å². The molecule has 2 rings (SSSR count). The molecule has 1 aromatic carbocycles.